The summed E-state index contributed by atoms with van der Waals surface area (Å²) in [4.78, 5) is 25.8. The number of aryl methyl sites for hydroxylation is 1. The number of nitrogens with one attached hydrogen (secondary N) is 1. The van der Waals surface area contributed by atoms with Crippen molar-refractivity contribution in [3.8, 4) is 0 Å². The summed E-state index contributed by atoms with van der Waals surface area (Å²) in [5, 5.41) is 11.9. The summed E-state index contributed by atoms with van der Waals surface area (Å²) in [6.45, 7) is 6.97. The van der Waals surface area contributed by atoms with Crippen LogP contribution in [-0.4, -0.2) is 40.0 Å². The number of aromatic nitrogens is 2. The molecule has 0 saturated carbocycles. The van der Waals surface area contributed by atoms with Gasteiger partial charge in [0.2, 0.25) is 16.9 Å². The molecule has 0 radical (unpaired) electrons. The van der Waals surface area contributed by atoms with Crippen molar-refractivity contribution < 1.29 is 9.59 Å². The monoisotopic (exact) mass is 296 g/mol. The molecule has 6 nitrogen and oxygen atoms in total. The highest BCUT2D eigenvalue weighted by molar-refractivity contribution is 7.15. The second-order valence-electron chi connectivity index (χ2n) is 5.37. The molecule has 0 bridgehead atoms. The molecule has 20 heavy (non-hydrogen) atoms. The van der Waals surface area contributed by atoms with Crippen molar-refractivity contribution in [2.24, 2.45) is 11.8 Å². The SMILES string of the molecule is Cc1nnc(NC(=O)C2CCN(C(=O)C(C)C)CC2)s1. The van der Waals surface area contributed by atoms with E-state index in [4.69, 9.17) is 0 Å². The fourth-order valence-electron chi connectivity index (χ4n) is 2.28. The Morgan fingerprint density at radius 3 is 2.45 bits per heavy atom. The first kappa shape index (κ1) is 14.9. The van der Waals surface area contributed by atoms with Crippen LogP contribution in [0.4, 0.5) is 5.13 Å². The van der Waals surface area contributed by atoms with Crippen LogP contribution in [0, 0.1) is 18.8 Å². The van der Waals surface area contributed by atoms with E-state index < -0.39 is 0 Å². The van der Waals surface area contributed by atoms with Gasteiger partial charge in [0.05, 0.1) is 0 Å². The largest absolute Gasteiger partial charge is 0.342 e. The Labute approximate surface area is 122 Å². The summed E-state index contributed by atoms with van der Waals surface area (Å²) < 4.78 is 0. The lowest BCUT2D eigenvalue weighted by atomic mass is 9.95. The first-order valence-corrected chi connectivity index (χ1v) is 7.68. The summed E-state index contributed by atoms with van der Waals surface area (Å²) >= 11 is 1.37. The van der Waals surface area contributed by atoms with Crippen LogP contribution in [0.2, 0.25) is 0 Å². The van der Waals surface area contributed by atoms with Gasteiger partial charge in [0.15, 0.2) is 0 Å². The Balaban J connectivity index is 1.84. The summed E-state index contributed by atoms with van der Waals surface area (Å²) in [6.07, 6.45) is 1.42. The van der Waals surface area contributed by atoms with Gasteiger partial charge in [-0.2, -0.15) is 0 Å². The number of carbonyl (C=O) groups excluding carboxylic acids is 2. The van der Waals surface area contributed by atoms with E-state index in [1.54, 1.807) is 0 Å². The van der Waals surface area contributed by atoms with Gasteiger partial charge in [-0.25, -0.2) is 0 Å². The highest BCUT2D eigenvalue weighted by Gasteiger charge is 2.28. The number of piperidine rings is 1. The molecule has 0 spiro atoms. The van der Waals surface area contributed by atoms with Crippen molar-refractivity contribution in [3.63, 3.8) is 0 Å². The average Bonchev–Trinajstić information content (AvgIpc) is 2.83. The van der Waals surface area contributed by atoms with Gasteiger partial charge in [0.25, 0.3) is 0 Å². The Bertz CT molecular complexity index is 492. The first-order valence-electron chi connectivity index (χ1n) is 6.87. The fourth-order valence-corrected chi connectivity index (χ4v) is 2.88. The van der Waals surface area contributed by atoms with Crippen molar-refractivity contribution in [1.82, 2.24) is 15.1 Å². The van der Waals surface area contributed by atoms with E-state index in [1.165, 1.54) is 11.3 Å². The summed E-state index contributed by atoms with van der Waals surface area (Å²) in [6, 6.07) is 0. The second kappa shape index (κ2) is 6.30. The number of likely N-dealkylation sites (tertiary alicyclic amines) is 1. The van der Waals surface area contributed by atoms with Gasteiger partial charge in [-0.05, 0) is 19.8 Å². The minimum Gasteiger partial charge on any atom is -0.342 e. The normalized spacial score (nSPS) is 16.5. The molecule has 0 unspecified atom stereocenters. The van der Waals surface area contributed by atoms with Crippen LogP contribution < -0.4 is 5.32 Å². The van der Waals surface area contributed by atoms with Gasteiger partial charge in [-0.3, -0.25) is 9.59 Å². The summed E-state index contributed by atoms with van der Waals surface area (Å²) in [5.41, 5.74) is 0. The lowest BCUT2D eigenvalue weighted by Crippen LogP contribution is -2.43. The number of hydrogen-bond acceptors (Lipinski definition) is 5. The zero-order valence-electron chi connectivity index (χ0n) is 12.0. The van der Waals surface area contributed by atoms with Crippen LogP contribution in [0.1, 0.15) is 31.7 Å². The Morgan fingerprint density at radius 1 is 1.30 bits per heavy atom. The third-order valence-corrected chi connectivity index (χ3v) is 4.18. The van der Waals surface area contributed by atoms with Crippen molar-refractivity contribution >= 4 is 28.3 Å². The molecule has 0 atom stereocenters. The van der Waals surface area contributed by atoms with E-state index in [0.717, 1.165) is 5.01 Å². The van der Waals surface area contributed by atoms with Crippen LogP contribution in [0.15, 0.2) is 0 Å². The molecule has 2 amide bonds. The van der Waals surface area contributed by atoms with Crippen molar-refractivity contribution in [3.05, 3.63) is 5.01 Å². The van der Waals surface area contributed by atoms with Crippen LogP contribution in [0.25, 0.3) is 0 Å². The minimum atomic E-state index is -0.0459. The molecule has 7 heteroatoms. The van der Waals surface area contributed by atoms with Crippen molar-refractivity contribution in [1.29, 1.82) is 0 Å². The quantitative estimate of drug-likeness (QED) is 0.921. The fraction of sp³-hybridized carbons (Fsp3) is 0.692. The predicted octanol–water partition coefficient (Wildman–Crippen LogP) is 1.68. The maximum atomic E-state index is 12.1. The van der Waals surface area contributed by atoms with E-state index >= 15 is 0 Å². The Hall–Kier alpha value is -1.50. The maximum absolute atomic E-state index is 12.1. The maximum Gasteiger partial charge on any atom is 0.229 e. The van der Waals surface area contributed by atoms with E-state index in [9.17, 15) is 9.59 Å². The molecule has 1 fully saturated rings. The number of anilines is 1. The van der Waals surface area contributed by atoms with Crippen LogP contribution >= 0.6 is 11.3 Å². The predicted molar refractivity (Wildman–Crippen MR) is 77.4 cm³/mol. The van der Waals surface area contributed by atoms with Crippen molar-refractivity contribution in [2.75, 3.05) is 18.4 Å². The van der Waals surface area contributed by atoms with E-state index in [0.29, 0.717) is 31.1 Å². The molecule has 1 aliphatic rings. The van der Waals surface area contributed by atoms with Gasteiger partial charge < -0.3 is 10.2 Å². The molecule has 110 valence electrons. The molecule has 1 aromatic rings. The summed E-state index contributed by atoms with van der Waals surface area (Å²) in [7, 11) is 0. The lowest BCUT2D eigenvalue weighted by molar-refractivity contribution is -0.137. The van der Waals surface area contributed by atoms with Crippen LogP contribution in [-0.2, 0) is 9.59 Å². The van der Waals surface area contributed by atoms with Crippen LogP contribution in [0.3, 0.4) is 0 Å². The third-order valence-electron chi connectivity index (χ3n) is 3.43. The molecule has 2 rings (SSSR count). The number of hydrogen-bond donors (Lipinski definition) is 1. The standard InChI is InChI=1S/C13H20N4O2S/c1-8(2)12(19)17-6-4-10(5-7-17)11(18)14-13-16-15-9(3)20-13/h8,10H,4-7H2,1-3H3,(H,14,16,18). The van der Waals surface area contributed by atoms with Gasteiger partial charge in [-0.1, -0.05) is 25.2 Å². The van der Waals surface area contributed by atoms with Crippen LogP contribution in [0.5, 0.6) is 0 Å². The molecular weight excluding hydrogens is 276 g/mol. The molecular formula is C13H20N4O2S. The third kappa shape index (κ3) is 3.53. The van der Waals surface area contributed by atoms with Gasteiger partial charge in [-0.15, -0.1) is 10.2 Å². The van der Waals surface area contributed by atoms with Gasteiger partial charge >= 0.3 is 0 Å². The first-order chi connectivity index (χ1) is 9.47. The molecule has 1 aromatic heterocycles. The van der Waals surface area contributed by atoms with Gasteiger partial charge in [0.1, 0.15) is 5.01 Å². The van der Waals surface area contributed by atoms with Crippen molar-refractivity contribution in [2.45, 2.75) is 33.6 Å². The molecule has 1 N–H and O–H groups in total. The van der Waals surface area contributed by atoms with E-state index in [1.807, 2.05) is 25.7 Å². The lowest BCUT2D eigenvalue weighted by Gasteiger charge is -2.32. The van der Waals surface area contributed by atoms with E-state index in [2.05, 4.69) is 15.5 Å². The Morgan fingerprint density at radius 2 is 1.95 bits per heavy atom. The highest BCUT2D eigenvalue weighted by atomic mass is 32.1. The number of nitrogens with zero attached hydrogens (tertiary/aromatic N) is 3. The number of carbonyl (C=O) groups is 2. The average molecular weight is 296 g/mol. The Kier molecular flexibility index (Phi) is 4.69. The highest BCUT2D eigenvalue weighted by Crippen LogP contribution is 2.21. The second-order valence-corrected chi connectivity index (χ2v) is 6.55. The topological polar surface area (TPSA) is 75.2 Å². The minimum absolute atomic E-state index is 0.0159. The zero-order valence-corrected chi connectivity index (χ0v) is 12.9. The summed E-state index contributed by atoms with van der Waals surface area (Å²) in [5.74, 6) is 0.126. The van der Waals surface area contributed by atoms with Gasteiger partial charge in [0, 0.05) is 24.9 Å². The zero-order chi connectivity index (χ0) is 14.7. The molecule has 0 aromatic carbocycles. The molecule has 0 aliphatic carbocycles. The number of rotatable bonds is 3. The number of amides is 2. The van der Waals surface area contributed by atoms with E-state index in [-0.39, 0.29) is 23.7 Å². The molecule has 1 saturated heterocycles. The molecule has 1 aliphatic heterocycles. The molecule has 2 heterocycles. The smallest absolute Gasteiger partial charge is 0.229 e.